The van der Waals surface area contributed by atoms with Crippen LogP contribution in [0.25, 0.3) is 0 Å². The fourth-order valence-electron chi connectivity index (χ4n) is 2.27. The summed E-state index contributed by atoms with van der Waals surface area (Å²) >= 11 is 0. The van der Waals surface area contributed by atoms with Crippen LogP contribution in [0, 0.1) is 6.92 Å². The Morgan fingerprint density at radius 2 is 1.71 bits per heavy atom. The average molecular weight is 382 g/mol. The highest BCUT2D eigenvalue weighted by molar-refractivity contribution is 6.21. The number of amides is 2. The lowest BCUT2D eigenvalue weighted by Gasteiger charge is -2.11. The number of aliphatic hydroxyl groups is 1. The zero-order chi connectivity index (χ0) is 20.5. The Morgan fingerprint density at radius 1 is 1.07 bits per heavy atom. The van der Waals surface area contributed by atoms with Gasteiger partial charge in [0.05, 0.1) is 6.61 Å². The predicted molar refractivity (Wildman–Crippen MR) is 104 cm³/mol. The number of anilines is 1. The van der Waals surface area contributed by atoms with Crippen LogP contribution in [0.15, 0.2) is 66.4 Å². The van der Waals surface area contributed by atoms with E-state index in [9.17, 15) is 19.5 Å². The summed E-state index contributed by atoms with van der Waals surface area (Å²) < 4.78 is 4.88. The summed E-state index contributed by atoms with van der Waals surface area (Å²) in [4.78, 5) is 36.7. The van der Waals surface area contributed by atoms with Crippen LogP contribution in [0.2, 0.25) is 0 Å². The number of aliphatic hydroxyl groups excluding tert-OH is 1. The molecule has 2 rings (SSSR count). The molecule has 0 aliphatic heterocycles. The second-order valence-electron chi connectivity index (χ2n) is 5.92. The van der Waals surface area contributed by atoms with Crippen molar-refractivity contribution in [2.45, 2.75) is 20.0 Å². The molecule has 7 heteroatoms. The maximum atomic E-state index is 12.5. The molecule has 0 aliphatic rings. The Labute approximate surface area is 163 Å². The molecule has 0 saturated heterocycles. The van der Waals surface area contributed by atoms with Crippen molar-refractivity contribution in [3.8, 4) is 0 Å². The lowest BCUT2D eigenvalue weighted by Crippen LogP contribution is -2.29. The van der Waals surface area contributed by atoms with Gasteiger partial charge in [0, 0.05) is 11.9 Å². The molecule has 0 radical (unpaired) electrons. The van der Waals surface area contributed by atoms with Gasteiger partial charge in [-0.1, -0.05) is 48.0 Å². The summed E-state index contributed by atoms with van der Waals surface area (Å²) in [5.74, 6) is -2.41. The van der Waals surface area contributed by atoms with E-state index in [1.165, 1.54) is 0 Å². The number of carbonyl (C=O) groups excluding carboxylic acids is 3. The fraction of sp³-hybridized carbons (Fsp3) is 0.190. The molecule has 1 unspecified atom stereocenters. The van der Waals surface area contributed by atoms with Crippen LogP contribution in [0.1, 0.15) is 24.2 Å². The average Bonchev–Trinajstić information content (AvgIpc) is 2.70. The molecule has 0 bridgehead atoms. The van der Waals surface area contributed by atoms with Gasteiger partial charge >= 0.3 is 5.97 Å². The molecule has 0 heterocycles. The van der Waals surface area contributed by atoms with Crippen LogP contribution in [0.5, 0.6) is 0 Å². The highest BCUT2D eigenvalue weighted by atomic mass is 16.5. The number of aryl methyl sites for hydroxylation is 1. The maximum absolute atomic E-state index is 12.5. The number of hydrogen-bond acceptors (Lipinski definition) is 5. The van der Waals surface area contributed by atoms with Crippen molar-refractivity contribution in [1.82, 2.24) is 5.32 Å². The normalized spacial score (nSPS) is 12.0. The molecule has 146 valence electrons. The molecule has 2 amide bonds. The van der Waals surface area contributed by atoms with E-state index in [0.717, 1.165) is 11.8 Å². The highest BCUT2D eigenvalue weighted by Crippen LogP contribution is 2.13. The number of carbonyl (C=O) groups is 3. The Kier molecular flexibility index (Phi) is 7.47. The summed E-state index contributed by atoms with van der Waals surface area (Å²) in [5, 5.41) is 14.9. The quantitative estimate of drug-likeness (QED) is 0.295. The smallest absolute Gasteiger partial charge is 0.345 e. The number of hydrogen-bond donors (Lipinski definition) is 3. The molecular weight excluding hydrogens is 360 g/mol. The molecule has 3 N–H and O–H groups in total. The van der Waals surface area contributed by atoms with Crippen LogP contribution in [0.3, 0.4) is 0 Å². The molecule has 2 aromatic rings. The van der Waals surface area contributed by atoms with E-state index < -0.39 is 29.5 Å². The third-order valence-corrected chi connectivity index (χ3v) is 3.77. The third kappa shape index (κ3) is 5.78. The first-order chi connectivity index (χ1) is 13.4. The fourth-order valence-corrected chi connectivity index (χ4v) is 2.27. The van der Waals surface area contributed by atoms with Crippen molar-refractivity contribution in [3.63, 3.8) is 0 Å². The third-order valence-electron chi connectivity index (χ3n) is 3.77. The first-order valence-electron chi connectivity index (χ1n) is 8.71. The molecular formula is C21H22N2O5. The van der Waals surface area contributed by atoms with Gasteiger partial charge in [0.25, 0.3) is 11.8 Å². The topological polar surface area (TPSA) is 105 Å². The van der Waals surface area contributed by atoms with E-state index in [-0.39, 0.29) is 6.61 Å². The van der Waals surface area contributed by atoms with Gasteiger partial charge in [-0.3, -0.25) is 9.59 Å². The number of esters is 1. The molecule has 0 fully saturated rings. The van der Waals surface area contributed by atoms with Gasteiger partial charge in [-0.2, -0.15) is 0 Å². The monoisotopic (exact) mass is 382 g/mol. The van der Waals surface area contributed by atoms with Gasteiger partial charge in [0.1, 0.15) is 5.57 Å². The molecule has 0 aliphatic carbocycles. The molecule has 0 aromatic heterocycles. The molecule has 28 heavy (non-hydrogen) atoms. The molecule has 0 spiro atoms. The van der Waals surface area contributed by atoms with Gasteiger partial charge in [0.2, 0.25) is 0 Å². The van der Waals surface area contributed by atoms with Gasteiger partial charge in [0.15, 0.2) is 6.10 Å². The van der Waals surface area contributed by atoms with Crippen molar-refractivity contribution in [2.24, 2.45) is 0 Å². The molecule has 2 aromatic carbocycles. The minimum Gasteiger partial charge on any atom is -0.462 e. The van der Waals surface area contributed by atoms with Crippen molar-refractivity contribution < 1.29 is 24.2 Å². The van der Waals surface area contributed by atoms with Gasteiger partial charge in [-0.05, 0) is 31.5 Å². The lowest BCUT2D eigenvalue weighted by atomic mass is 10.1. The molecule has 7 nitrogen and oxygen atoms in total. The summed E-state index contributed by atoms with van der Waals surface area (Å²) in [6.07, 6.45) is -0.503. The summed E-state index contributed by atoms with van der Waals surface area (Å²) in [7, 11) is 0. The van der Waals surface area contributed by atoms with Crippen LogP contribution in [-0.2, 0) is 19.1 Å². The van der Waals surface area contributed by atoms with E-state index in [0.29, 0.717) is 11.3 Å². The zero-order valence-electron chi connectivity index (χ0n) is 15.6. The Morgan fingerprint density at radius 3 is 2.32 bits per heavy atom. The lowest BCUT2D eigenvalue weighted by molar-refractivity contribution is -0.139. The zero-order valence-corrected chi connectivity index (χ0v) is 15.6. The number of rotatable bonds is 7. The SMILES string of the molecule is CCOC(=O)/C(=C/NC(=O)C(O)c1ccccc1)C(=O)Nc1ccc(C)cc1. The van der Waals surface area contributed by atoms with E-state index in [4.69, 9.17) is 4.74 Å². The van der Waals surface area contributed by atoms with Crippen LogP contribution in [0.4, 0.5) is 5.69 Å². The second-order valence-corrected chi connectivity index (χ2v) is 5.92. The molecule has 1 atom stereocenters. The number of nitrogens with one attached hydrogen (secondary N) is 2. The predicted octanol–water partition coefficient (Wildman–Crippen LogP) is 2.23. The van der Waals surface area contributed by atoms with Crippen LogP contribution < -0.4 is 10.6 Å². The standard InChI is InChI=1S/C21H22N2O5/c1-3-28-21(27)17(19(25)23-16-11-9-14(2)10-12-16)13-22-20(26)18(24)15-7-5-4-6-8-15/h4-13,18,24H,3H2,1-2H3,(H,22,26)(H,23,25)/b17-13+. The minimum atomic E-state index is -1.44. The Hall–Kier alpha value is -3.45. The van der Waals surface area contributed by atoms with E-state index >= 15 is 0 Å². The number of ether oxygens (including phenoxy) is 1. The summed E-state index contributed by atoms with van der Waals surface area (Å²) in [6, 6.07) is 15.3. The van der Waals surface area contributed by atoms with Gasteiger partial charge < -0.3 is 20.5 Å². The summed E-state index contributed by atoms with van der Waals surface area (Å²) in [5.41, 5.74) is 1.49. The second kappa shape index (κ2) is 10.0. The number of benzene rings is 2. The van der Waals surface area contributed by atoms with Gasteiger partial charge in [-0.15, -0.1) is 0 Å². The van der Waals surface area contributed by atoms with E-state index in [2.05, 4.69) is 10.6 Å². The first kappa shape index (κ1) is 20.9. The van der Waals surface area contributed by atoms with Crippen LogP contribution >= 0.6 is 0 Å². The minimum absolute atomic E-state index is 0.0641. The largest absolute Gasteiger partial charge is 0.462 e. The Bertz CT molecular complexity index is 860. The van der Waals surface area contributed by atoms with Crippen molar-refractivity contribution in [3.05, 3.63) is 77.5 Å². The van der Waals surface area contributed by atoms with Gasteiger partial charge in [-0.25, -0.2) is 4.79 Å². The molecule has 0 saturated carbocycles. The van der Waals surface area contributed by atoms with Crippen molar-refractivity contribution in [2.75, 3.05) is 11.9 Å². The maximum Gasteiger partial charge on any atom is 0.345 e. The first-order valence-corrected chi connectivity index (χ1v) is 8.71. The Balaban J connectivity index is 2.14. The van der Waals surface area contributed by atoms with E-state index in [1.807, 2.05) is 6.92 Å². The highest BCUT2D eigenvalue weighted by Gasteiger charge is 2.22. The van der Waals surface area contributed by atoms with Crippen molar-refractivity contribution >= 4 is 23.5 Å². The summed E-state index contributed by atoms with van der Waals surface area (Å²) in [6.45, 7) is 3.57. The van der Waals surface area contributed by atoms with E-state index in [1.54, 1.807) is 61.5 Å². The van der Waals surface area contributed by atoms with Crippen LogP contribution in [-0.4, -0.2) is 29.5 Å². The van der Waals surface area contributed by atoms with Crippen molar-refractivity contribution in [1.29, 1.82) is 0 Å².